The van der Waals surface area contributed by atoms with Crippen molar-refractivity contribution in [2.75, 3.05) is 5.32 Å². The van der Waals surface area contributed by atoms with Crippen molar-refractivity contribution in [3.8, 4) is 0 Å². The number of para-hydroxylation sites is 1. The molecule has 5 nitrogen and oxygen atoms in total. The number of halogens is 1. The Morgan fingerprint density at radius 2 is 1.71 bits per heavy atom. The molecular weight excluding hydrogens is 447 g/mol. The first-order valence-corrected chi connectivity index (χ1v) is 12.7. The summed E-state index contributed by atoms with van der Waals surface area (Å²) in [5, 5.41) is 3.86. The van der Waals surface area contributed by atoms with E-state index in [0.29, 0.717) is 34.1 Å². The molecule has 0 aliphatic heterocycles. The number of benzene rings is 2. The molecule has 4 rings (SSSR count). The lowest BCUT2D eigenvalue weighted by molar-refractivity contribution is -0.119. The van der Waals surface area contributed by atoms with Gasteiger partial charge in [0.1, 0.15) is 17.4 Å². The molecule has 0 saturated heterocycles. The number of hydrogen-bond acceptors (Lipinski definition) is 4. The van der Waals surface area contributed by atoms with Gasteiger partial charge in [-0.2, -0.15) is 0 Å². The van der Waals surface area contributed by atoms with E-state index in [1.807, 2.05) is 35.8 Å². The smallest absolute Gasteiger partial charge is 0.247 e. The van der Waals surface area contributed by atoms with Gasteiger partial charge in [-0.15, -0.1) is 0 Å². The van der Waals surface area contributed by atoms with Crippen LogP contribution in [-0.2, 0) is 23.4 Å². The maximum Gasteiger partial charge on any atom is 0.247 e. The van der Waals surface area contributed by atoms with Crippen LogP contribution in [0.5, 0.6) is 0 Å². The molecule has 1 amide bonds. The number of fused-ring (bicyclic) bond motifs is 1. The lowest BCUT2D eigenvalue weighted by Gasteiger charge is -2.21. The molecule has 0 saturated carbocycles. The van der Waals surface area contributed by atoms with E-state index in [-0.39, 0.29) is 11.7 Å². The van der Waals surface area contributed by atoms with Crippen molar-refractivity contribution in [1.29, 1.82) is 0 Å². The molecule has 0 radical (unpaired) electrons. The van der Waals surface area contributed by atoms with Crippen LogP contribution in [0.25, 0.3) is 11.2 Å². The molecule has 0 unspecified atom stereocenters. The summed E-state index contributed by atoms with van der Waals surface area (Å²) in [4.78, 5) is 22.9. The molecule has 0 aliphatic rings. The Kier molecular flexibility index (Phi) is 7.63. The third-order valence-electron chi connectivity index (χ3n) is 5.98. The van der Waals surface area contributed by atoms with Crippen LogP contribution in [0.1, 0.15) is 49.9 Å². The van der Waals surface area contributed by atoms with Crippen LogP contribution >= 0.6 is 11.8 Å². The number of nitrogens with zero attached hydrogens (tertiary/aromatic N) is 3. The van der Waals surface area contributed by atoms with Gasteiger partial charge in [-0.3, -0.25) is 9.36 Å². The molecular formula is C27H29FN4OS. The Balaban J connectivity index is 1.70. The molecule has 176 valence electrons. The van der Waals surface area contributed by atoms with Crippen molar-refractivity contribution in [3.05, 3.63) is 83.3 Å². The van der Waals surface area contributed by atoms with Crippen molar-refractivity contribution >= 4 is 34.5 Å². The van der Waals surface area contributed by atoms with Gasteiger partial charge >= 0.3 is 0 Å². The SMILES string of the molecule is CCc1cccc(CC)c1NC(=O)[C@H](CC)n1c(SCc2ccccc2F)nc2cccnc21. The second-order valence-corrected chi connectivity index (χ2v) is 9.00. The Bertz CT molecular complexity index is 1280. The zero-order chi connectivity index (χ0) is 24.1. The zero-order valence-electron chi connectivity index (χ0n) is 19.7. The molecule has 1 atom stereocenters. The van der Waals surface area contributed by atoms with Crippen LogP contribution in [-0.4, -0.2) is 20.4 Å². The molecule has 34 heavy (non-hydrogen) atoms. The van der Waals surface area contributed by atoms with Gasteiger partial charge in [0.2, 0.25) is 5.91 Å². The highest BCUT2D eigenvalue weighted by Gasteiger charge is 2.26. The van der Waals surface area contributed by atoms with Crippen molar-refractivity contribution in [1.82, 2.24) is 14.5 Å². The number of hydrogen-bond donors (Lipinski definition) is 1. The number of rotatable bonds is 9. The number of pyridine rings is 1. The molecule has 0 spiro atoms. The Labute approximate surface area is 203 Å². The van der Waals surface area contributed by atoms with Crippen molar-refractivity contribution in [2.24, 2.45) is 0 Å². The van der Waals surface area contributed by atoms with Crippen LogP contribution in [0.4, 0.5) is 10.1 Å². The summed E-state index contributed by atoms with van der Waals surface area (Å²) in [6.07, 6.45) is 3.94. The van der Waals surface area contributed by atoms with Gasteiger partial charge in [0.15, 0.2) is 10.8 Å². The highest BCUT2D eigenvalue weighted by molar-refractivity contribution is 7.98. The van der Waals surface area contributed by atoms with Crippen LogP contribution in [0.15, 0.2) is 66.0 Å². The highest BCUT2D eigenvalue weighted by atomic mass is 32.2. The maximum absolute atomic E-state index is 14.2. The predicted octanol–water partition coefficient (Wildman–Crippen LogP) is 6.58. The van der Waals surface area contributed by atoms with Crippen molar-refractivity contribution < 1.29 is 9.18 Å². The molecule has 1 N–H and O–H groups in total. The average Bonchev–Trinajstić information content (AvgIpc) is 3.22. The van der Waals surface area contributed by atoms with Gasteiger partial charge in [0.05, 0.1) is 0 Å². The maximum atomic E-state index is 14.2. The van der Waals surface area contributed by atoms with E-state index in [1.165, 1.54) is 17.8 Å². The van der Waals surface area contributed by atoms with Crippen LogP contribution < -0.4 is 5.32 Å². The van der Waals surface area contributed by atoms with Crippen LogP contribution in [0.3, 0.4) is 0 Å². The lowest BCUT2D eigenvalue weighted by atomic mass is 10.0. The number of imidazole rings is 1. The average molecular weight is 477 g/mol. The summed E-state index contributed by atoms with van der Waals surface area (Å²) < 4.78 is 16.1. The lowest BCUT2D eigenvalue weighted by Crippen LogP contribution is -2.27. The quantitative estimate of drug-likeness (QED) is 0.277. The number of aromatic nitrogens is 3. The predicted molar refractivity (Wildman–Crippen MR) is 137 cm³/mol. The molecule has 4 aromatic rings. The summed E-state index contributed by atoms with van der Waals surface area (Å²) in [6, 6.07) is 16.1. The molecule has 7 heteroatoms. The Morgan fingerprint density at radius 1 is 1.00 bits per heavy atom. The largest absolute Gasteiger partial charge is 0.324 e. The minimum absolute atomic E-state index is 0.101. The molecule has 0 bridgehead atoms. The van der Waals surface area contributed by atoms with Gasteiger partial charge in [-0.05, 0) is 54.2 Å². The van der Waals surface area contributed by atoms with Crippen molar-refractivity contribution in [2.45, 2.75) is 57.0 Å². The second kappa shape index (κ2) is 10.8. The first-order valence-electron chi connectivity index (χ1n) is 11.7. The number of amides is 1. The highest BCUT2D eigenvalue weighted by Crippen LogP contribution is 2.32. The molecule has 2 aromatic carbocycles. The molecule has 2 heterocycles. The van der Waals surface area contributed by atoms with E-state index in [9.17, 15) is 9.18 Å². The number of thioether (sulfide) groups is 1. The number of nitrogens with one attached hydrogen (secondary N) is 1. The number of carbonyl (C=O) groups is 1. The van der Waals surface area contributed by atoms with E-state index in [0.717, 1.165) is 29.7 Å². The van der Waals surface area contributed by atoms with E-state index >= 15 is 0 Å². The van der Waals surface area contributed by atoms with Gasteiger partial charge in [0, 0.05) is 17.6 Å². The van der Waals surface area contributed by atoms with E-state index in [2.05, 4.69) is 36.3 Å². The minimum atomic E-state index is -0.502. The van der Waals surface area contributed by atoms with Crippen molar-refractivity contribution in [3.63, 3.8) is 0 Å². The second-order valence-electron chi connectivity index (χ2n) is 8.06. The Hall–Kier alpha value is -3.19. The molecule has 0 aliphatic carbocycles. The summed E-state index contributed by atoms with van der Waals surface area (Å²) >= 11 is 1.41. The van der Waals surface area contributed by atoms with Crippen LogP contribution in [0.2, 0.25) is 0 Å². The fraction of sp³-hybridized carbons (Fsp3) is 0.296. The molecule has 0 fully saturated rings. The third kappa shape index (κ3) is 4.85. The fourth-order valence-corrected chi connectivity index (χ4v) is 5.18. The summed E-state index contributed by atoms with van der Waals surface area (Å²) in [6.45, 7) is 6.16. The van der Waals surface area contributed by atoms with E-state index in [4.69, 9.17) is 4.98 Å². The number of anilines is 1. The van der Waals surface area contributed by atoms with E-state index < -0.39 is 6.04 Å². The summed E-state index contributed by atoms with van der Waals surface area (Å²) in [7, 11) is 0. The Morgan fingerprint density at radius 3 is 2.38 bits per heavy atom. The first-order chi connectivity index (χ1) is 16.6. The normalized spacial score (nSPS) is 12.1. The van der Waals surface area contributed by atoms with Gasteiger partial charge in [-0.25, -0.2) is 14.4 Å². The number of carbonyl (C=O) groups excluding carboxylic acids is 1. The summed E-state index contributed by atoms with van der Waals surface area (Å²) in [5.41, 5.74) is 5.10. The molecule has 2 aromatic heterocycles. The monoisotopic (exact) mass is 476 g/mol. The fourth-order valence-electron chi connectivity index (χ4n) is 4.14. The van der Waals surface area contributed by atoms with Gasteiger partial charge in [0.25, 0.3) is 0 Å². The van der Waals surface area contributed by atoms with Crippen LogP contribution in [0, 0.1) is 5.82 Å². The van der Waals surface area contributed by atoms with Gasteiger partial charge < -0.3 is 5.32 Å². The topological polar surface area (TPSA) is 59.8 Å². The minimum Gasteiger partial charge on any atom is -0.324 e. The third-order valence-corrected chi connectivity index (χ3v) is 6.98. The zero-order valence-corrected chi connectivity index (χ0v) is 20.5. The first kappa shape index (κ1) is 24.0. The number of aryl methyl sites for hydroxylation is 2. The standard InChI is InChI=1S/C27H29FN4OS/c1-4-18-12-9-13-19(5-2)24(18)31-26(33)23(6-3)32-25-22(15-10-16-29-25)30-27(32)34-17-20-11-7-8-14-21(20)28/h7-16,23H,4-6,17H2,1-3H3,(H,31,33)/t23-/m0/s1. The van der Waals surface area contributed by atoms with E-state index in [1.54, 1.807) is 18.3 Å². The van der Waals surface area contributed by atoms with Gasteiger partial charge in [-0.1, -0.05) is 68.9 Å². The summed E-state index contributed by atoms with van der Waals surface area (Å²) in [5.74, 6) is 0.0619.